The molecular weight excluding hydrogens is 196 g/mol. The van der Waals surface area contributed by atoms with Crippen LogP contribution in [-0.4, -0.2) is 50.1 Å². The van der Waals surface area contributed by atoms with Gasteiger partial charge in [-0.3, -0.25) is 14.5 Å². The molecule has 2 amide bonds. The zero-order valence-corrected chi connectivity index (χ0v) is 8.86. The second-order valence-electron chi connectivity index (χ2n) is 4.05. The molecule has 0 saturated carbocycles. The first-order chi connectivity index (χ1) is 7.25. The molecule has 0 aromatic heterocycles. The summed E-state index contributed by atoms with van der Waals surface area (Å²) in [6.07, 6.45) is 0.723. The lowest BCUT2D eigenvalue weighted by molar-refractivity contribution is -0.140. The van der Waals surface area contributed by atoms with E-state index in [1.165, 1.54) is 4.90 Å². The zero-order valence-electron chi connectivity index (χ0n) is 8.86. The van der Waals surface area contributed by atoms with Gasteiger partial charge < -0.3 is 10.1 Å². The van der Waals surface area contributed by atoms with Gasteiger partial charge in [-0.15, -0.1) is 0 Å². The summed E-state index contributed by atoms with van der Waals surface area (Å²) in [6, 6.07) is 0. The van der Waals surface area contributed by atoms with E-state index in [9.17, 15) is 9.59 Å². The summed E-state index contributed by atoms with van der Waals surface area (Å²) in [7, 11) is 1.62. The predicted octanol–water partition coefficient (Wildman–Crippen LogP) is -0.773. The highest BCUT2D eigenvalue weighted by Crippen LogP contribution is 2.28. The van der Waals surface area contributed by atoms with Gasteiger partial charge in [0.15, 0.2) is 0 Å². The molecule has 0 aromatic carbocycles. The van der Waals surface area contributed by atoms with Crippen LogP contribution in [0, 0.1) is 11.8 Å². The average Bonchev–Trinajstić information content (AvgIpc) is 2.77. The third-order valence-electron chi connectivity index (χ3n) is 3.11. The van der Waals surface area contributed by atoms with Crippen molar-refractivity contribution >= 4 is 11.8 Å². The molecule has 2 aliphatic rings. The molecule has 5 heteroatoms. The summed E-state index contributed by atoms with van der Waals surface area (Å²) in [5.74, 6) is -0.239. The highest BCUT2D eigenvalue weighted by molar-refractivity contribution is 6.05. The Morgan fingerprint density at radius 2 is 1.93 bits per heavy atom. The molecule has 2 aliphatic heterocycles. The molecule has 0 spiro atoms. The van der Waals surface area contributed by atoms with E-state index in [1.807, 2.05) is 0 Å². The molecule has 0 aromatic rings. The predicted molar refractivity (Wildman–Crippen MR) is 53.1 cm³/mol. The number of methoxy groups -OCH3 is 1. The van der Waals surface area contributed by atoms with Crippen molar-refractivity contribution in [2.24, 2.45) is 11.8 Å². The fourth-order valence-electron chi connectivity index (χ4n) is 2.29. The number of nitrogens with one attached hydrogen (secondary N) is 1. The Hall–Kier alpha value is -0.940. The van der Waals surface area contributed by atoms with Crippen LogP contribution in [0.25, 0.3) is 0 Å². The van der Waals surface area contributed by atoms with Crippen LogP contribution in [0.4, 0.5) is 0 Å². The van der Waals surface area contributed by atoms with Crippen LogP contribution in [0.5, 0.6) is 0 Å². The van der Waals surface area contributed by atoms with E-state index in [0.717, 1.165) is 6.42 Å². The minimum absolute atomic E-state index is 0.00824. The van der Waals surface area contributed by atoms with Gasteiger partial charge in [0, 0.05) is 33.4 Å². The van der Waals surface area contributed by atoms with Crippen molar-refractivity contribution < 1.29 is 14.3 Å². The van der Waals surface area contributed by atoms with Gasteiger partial charge in [0.05, 0.1) is 11.8 Å². The van der Waals surface area contributed by atoms with Gasteiger partial charge in [0.1, 0.15) is 0 Å². The standard InChI is InChI=1S/C10H16N2O3/c1-15-4-2-3-12-9(13)7-5-11-6-8(7)10(12)14/h7-8,11H,2-6H2,1H3/t7-,8-/m1/s1. The lowest BCUT2D eigenvalue weighted by atomic mass is 10.00. The number of hydrogen-bond donors (Lipinski definition) is 1. The highest BCUT2D eigenvalue weighted by atomic mass is 16.5. The van der Waals surface area contributed by atoms with Crippen LogP contribution in [0.3, 0.4) is 0 Å². The maximum atomic E-state index is 11.8. The fraction of sp³-hybridized carbons (Fsp3) is 0.800. The first-order valence-corrected chi connectivity index (χ1v) is 5.30. The lowest BCUT2D eigenvalue weighted by Crippen LogP contribution is -2.35. The number of rotatable bonds is 4. The van der Waals surface area contributed by atoms with Crippen molar-refractivity contribution in [1.29, 1.82) is 0 Å². The van der Waals surface area contributed by atoms with E-state index in [4.69, 9.17) is 4.74 Å². The SMILES string of the molecule is COCCCN1C(=O)[C@@H]2CNC[C@H]2C1=O. The van der Waals surface area contributed by atoms with E-state index in [0.29, 0.717) is 26.2 Å². The molecule has 0 bridgehead atoms. The Morgan fingerprint density at radius 1 is 1.33 bits per heavy atom. The third kappa shape index (κ3) is 1.77. The number of nitrogens with zero attached hydrogens (tertiary/aromatic N) is 1. The number of carbonyl (C=O) groups is 2. The van der Waals surface area contributed by atoms with Gasteiger partial charge in [0.25, 0.3) is 0 Å². The molecule has 0 unspecified atom stereocenters. The van der Waals surface area contributed by atoms with Crippen molar-refractivity contribution in [3.8, 4) is 0 Å². The molecule has 0 radical (unpaired) electrons. The van der Waals surface area contributed by atoms with Gasteiger partial charge in [0.2, 0.25) is 11.8 Å². The van der Waals surface area contributed by atoms with Gasteiger partial charge in [-0.1, -0.05) is 0 Å². The molecular formula is C10H16N2O3. The van der Waals surface area contributed by atoms with Crippen LogP contribution in [0.15, 0.2) is 0 Å². The minimum atomic E-state index is -0.111. The van der Waals surface area contributed by atoms with Crippen LogP contribution >= 0.6 is 0 Å². The Bertz CT molecular complexity index is 258. The third-order valence-corrected chi connectivity index (χ3v) is 3.11. The first-order valence-electron chi connectivity index (χ1n) is 5.30. The second-order valence-corrected chi connectivity index (χ2v) is 4.05. The number of amides is 2. The normalized spacial score (nSPS) is 30.1. The maximum absolute atomic E-state index is 11.8. The van der Waals surface area contributed by atoms with E-state index >= 15 is 0 Å². The Morgan fingerprint density at radius 3 is 2.47 bits per heavy atom. The van der Waals surface area contributed by atoms with Crippen molar-refractivity contribution in [3.63, 3.8) is 0 Å². The Kier molecular flexibility index (Phi) is 3.02. The number of fused-ring (bicyclic) bond motifs is 1. The lowest BCUT2D eigenvalue weighted by Gasteiger charge is -2.15. The van der Waals surface area contributed by atoms with Crippen molar-refractivity contribution in [2.45, 2.75) is 6.42 Å². The largest absolute Gasteiger partial charge is 0.385 e. The summed E-state index contributed by atoms with van der Waals surface area (Å²) in [5, 5.41) is 3.08. The van der Waals surface area contributed by atoms with Crippen LogP contribution < -0.4 is 5.32 Å². The molecule has 2 rings (SSSR count). The van der Waals surface area contributed by atoms with Gasteiger partial charge in [-0.25, -0.2) is 0 Å². The van der Waals surface area contributed by atoms with Crippen LogP contribution in [0.2, 0.25) is 0 Å². The van der Waals surface area contributed by atoms with Crippen LogP contribution in [-0.2, 0) is 14.3 Å². The summed E-state index contributed by atoms with van der Waals surface area (Å²) >= 11 is 0. The van der Waals surface area contributed by atoms with Crippen molar-refractivity contribution in [2.75, 3.05) is 33.4 Å². The number of carbonyl (C=O) groups excluding carboxylic acids is 2. The monoisotopic (exact) mass is 212 g/mol. The first kappa shape index (κ1) is 10.6. The van der Waals surface area contributed by atoms with E-state index in [-0.39, 0.29) is 23.7 Å². The molecule has 2 saturated heterocycles. The number of likely N-dealkylation sites (tertiary alicyclic amines) is 1. The minimum Gasteiger partial charge on any atom is -0.385 e. The van der Waals surface area contributed by atoms with Crippen LogP contribution in [0.1, 0.15) is 6.42 Å². The summed E-state index contributed by atoms with van der Waals surface area (Å²) in [5.41, 5.74) is 0. The molecule has 15 heavy (non-hydrogen) atoms. The molecule has 2 fully saturated rings. The number of imide groups is 1. The van der Waals surface area contributed by atoms with E-state index < -0.39 is 0 Å². The van der Waals surface area contributed by atoms with E-state index in [1.54, 1.807) is 7.11 Å². The summed E-state index contributed by atoms with van der Waals surface area (Å²) in [4.78, 5) is 25.0. The quantitative estimate of drug-likeness (QED) is 0.491. The number of ether oxygens (including phenoxy) is 1. The molecule has 1 N–H and O–H groups in total. The molecule has 2 heterocycles. The average molecular weight is 212 g/mol. The molecule has 5 nitrogen and oxygen atoms in total. The number of hydrogen-bond acceptors (Lipinski definition) is 4. The Balaban J connectivity index is 1.95. The zero-order chi connectivity index (χ0) is 10.8. The topological polar surface area (TPSA) is 58.6 Å². The fourth-order valence-corrected chi connectivity index (χ4v) is 2.29. The van der Waals surface area contributed by atoms with E-state index in [2.05, 4.69) is 5.32 Å². The van der Waals surface area contributed by atoms with Crippen molar-refractivity contribution in [3.05, 3.63) is 0 Å². The second kappa shape index (κ2) is 4.28. The molecule has 0 aliphatic carbocycles. The Labute approximate surface area is 88.8 Å². The van der Waals surface area contributed by atoms with Crippen molar-refractivity contribution in [1.82, 2.24) is 10.2 Å². The van der Waals surface area contributed by atoms with Gasteiger partial charge >= 0.3 is 0 Å². The molecule has 84 valence electrons. The smallest absolute Gasteiger partial charge is 0.234 e. The van der Waals surface area contributed by atoms with Gasteiger partial charge in [-0.05, 0) is 6.42 Å². The van der Waals surface area contributed by atoms with Gasteiger partial charge in [-0.2, -0.15) is 0 Å². The maximum Gasteiger partial charge on any atom is 0.234 e. The summed E-state index contributed by atoms with van der Waals surface area (Å²) in [6.45, 7) is 2.38. The summed E-state index contributed by atoms with van der Waals surface area (Å²) < 4.78 is 4.90. The highest BCUT2D eigenvalue weighted by Gasteiger charge is 2.49. The molecule has 2 atom stereocenters.